The molecule has 0 bridgehead atoms. The summed E-state index contributed by atoms with van der Waals surface area (Å²) in [7, 11) is 3.08. The maximum absolute atomic E-state index is 12.5. The zero-order valence-corrected chi connectivity index (χ0v) is 17.2. The lowest BCUT2D eigenvalue weighted by Crippen LogP contribution is -2.64. The second-order valence-electron chi connectivity index (χ2n) is 8.58. The number of aliphatic hydroxyl groups is 2. The third kappa shape index (κ3) is 3.24. The van der Waals surface area contributed by atoms with E-state index in [4.69, 9.17) is 4.74 Å². The van der Waals surface area contributed by atoms with Crippen molar-refractivity contribution < 1.29 is 14.9 Å². The summed E-state index contributed by atoms with van der Waals surface area (Å²) in [6.45, 7) is 4.87. The topological polar surface area (TPSA) is 115 Å². The Hall–Kier alpha value is -2.01. The normalized spacial score (nSPS) is 27.7. The number of aryl methyl sites for hydroxylation is 1. The van der Waals surface area contributed by atoms with Crippen molar-refractivity contribution in [1.82, 2.24) is 23.6 Å². The number of piperidine rings is 1. The molecule has 0 saturated carbocycles. The summed E-state index contributed by atoms with van der Waals surface area (Å²) in [6, 6.07) is 0. The molecule has 2 aromatic heterocycles. The monoisotopic (exact) mass is 407 g/mol. The van der Waals surface area contributed by atoms with Crippen molar-refractivity contribution in [2.75, 3.05) is 26.2 Å². The van der Waals surface area contributed by atoms with Crippen LogP contribution in [-0.2, 0) is 25.4 Å². The molecule has 0 aromatic carbocycles. The lowest BCUT2D eigenvalue weighted by Gasteiger charge is -2.51. The molecule has 0 aliphatic carbocycles. The van der Waals surface area contributed by atoms with Crippen LogP contribution >= 0.6 is 0 Å². The minimum Gasteiger partial charge on any atom is -0.387 e. The van der Waals surface area contributed by atoms with Crippen LogP contribution in [0.1, 0.15) is 26.2 Å². The molecule has 2 fully saturated rings. The Labute approximate surface area is 167 Å². The van der Waals surface area contributed by atoms with Gasteiger partial charge in [-0.1, -0.05) is 0 Å². The van der Waals surface area contributed by atoms with Gasteiger partial charge in [0.1, 0.15) is 6.10 Å². The molecule has 2 aliphatic heterocycles. The predicted octanol–water partition coefficient (Wildman–Crippen LogP) is -1.20. The molecule has 2 atom stereocenters. The number of fused-ring (bicyclic) bond motifs is 1. The Morgan fingerprint density at radius 3 is 2.55 bits per heavy atom. The van der Waals surface area contributed by atoms with Gasteiger partial charge < -0.3 is 24.4 Å². The second-order valence-corrected chi connectivity index (χ2v) is 8.58. The number of likely N-dealkylation sites (tertiary alicyclic amines) is 1. The fourth-order valence-electron chi connectivity index (χ4n) is 4.63. The molecule has 2 saturated heterocycles. The number of hydrogen-bond acceptors (Lipinski definition) is 7. The number of ether oxygens (including phenoxy) is 1. The van der Waals surface area contributed by atoms with Crippen LogP contribution in [0.4, 0.5) is 0 Å². The van der Waals surface area contributed by atoms with Gasteiger partial charge in [-0.05, 0) is 19.8 Å². The highest BCUT2D eigenvalue weighted by atomic mass is 16.5. The fourth-order valence-corrected chi connectivity index (χ4v) is 4.63. The van der Waals surface area contributed by atoms with Crippen molar-refractivity contribution in [1.29, 1.82) is 0 Å². The minimum atomic E-state index is -1.12. The fraction of sp³-hybridized carbons (Fsp3) is 0.737. The third-order valence-electron chi connectivity index (χ3n) is 6.66. The van der Waals surface area contributed by atoms with Crippen LogP contribution in [-0.4, -0.2) is 77.3 Å². The largest absolute Gasteiger partial charge is 0.387 e. The minimum absolute atomic E-state index is 0.348. The highest BCUT2D eigenvalue weighted by Crippen LogP contribution is 2.39. The average Bonchev–Trinajstić information content (AvgIpc) is 3.12. The van der Waals surface area contributed by atoms with Crippen molar-refractivity contribution in [3.8, 4) is 0 Å². The molecule has 160 valence electrons. The quantitative estimate of drug-likeness (QED) is 0.657. The standard InChI is InChI=1S/C19H29N5O5/c1-18(28)6-11-29-19(16(18)26)4-7-23(8-5-19)9-10-24-12-20-14-13(24)15(25)22(3)17(27)21(14)2/h12,16,26,28H,4-11H2,1-3H3/t16-,18+/m0/s1. The number of aliphatic hydroxyl groups excluding tert-OH is 1. The first kappa shape index (κ1) is 20.3. The van der Waals surface area contributed by atoms with Crippen molar-refractivity contribution in [2.24, 2.45) is 14.1 Å². The van der Waals surface area contributed by atoms with Gasteiger partial charge in [-0.2, -0.15) is 0 Å². The van der Waals surface area contributed by atoms with Gasteiger partial charge in [0.25, 0.3) is 5.56 Å². The van der Waals surface area contributed by atoms with E-state index >= 15 is 0 Å². The van der Waals surface area contributed by atoms with E-state index in [1.165, 1.54) is 11.6 Å². The van der Waals surface area contributed by atoms with Crippen LogP contribution in [0, 0.1) is 0 Å². The molecule has 2 aromatic rings. The average molecular weight is 407 g/mol. The van der Waals surface area contributed by atoms with Gasteiger partial charge in [-0.3, -0.25) is 13.9 Å². The smallest absolute Gasteiger partial charge is 0.332 e. The zero-order valence-electron chi connectivity index (χ0n) is 17.2. The van der Waals surface area contributed by atoms with Crippen LogP contribution in [0.5, 0.6) is 0 Å². The SMILES string of the molecule is Cn1c(=O)c2c(ncn2CCN2CCC3(CC2)OCC[C@@](C)(O)[C@@H]3O)n(C)c1=O. The molecule has 0 radical (unpaired) electrons. The van der Waals surface area contributed by atoms with E-state index in [2.05, 4.69) is 9.88 Å². The third-order valence-corrected chi connectivity index (χ3v) is 6.66. The Kier molecular flexibility index (Phi) is 4.93. The first-order valence-electron chi connectivity index (χ1n) is 10.0. The molecule has 2 N–H and O–H groups in total. The number of hydrogen-bond donors (Lipinski definition) is 2. The highest BCUT2D eigenvalue weighted by molar-refractivity contribution is 5.69. The van der Waals surface area contributed by atoms with Crippen molar-refractivity contribution >= 4 is 11.2 Å². The van der Waals surface area contributed by atoms with E-state index in [-0.39, 0.29) is 5.56 Å². The zero-order chi connectivity index (χ0) is 21.0. The van der Waals surface area contributed by atoms with Crippen molar-refractivity contribution in [2.45, 2.75) is 50.0 Å². The van der Waals surface area contributed by atoms with Gasteiger partial charge in [-0.15, -0.1) is 0 Å². The van der Waals surface area contributed by atoms with Crippen LogP contribution in [0.15, 0.2) is 15.9 Å². The van der Waals surface area contributed by atoms with Gasteiger partial charge in [-0.25, -0.2) is 9.78 Å². The van der Waals surface area contributed by atoms with E-state index in [9.17, 15) is 19.8 Å². The molecule has 4 heterocycles. The Bertz CT molecular complexity index is 1030. The molecule has 10 heteroatoms. The summed E-state index contributed by atoms with van der Waals surface area (Å²) >= 11 is 0. The molecule has 10 nitrogen and oxygen atoms in total. The molecule has 4 rings (SSSR count). The van der Waals surface area contributed by atoms with E-state index in [0.717, 1.165) is 17.7 Å². The lowest BCUT2D eigenvalue weighted by molar-refractivity contribution is -0.246. The molecule has 2 aliphatic rings. The first-order valence-corrected chi connectivity index (χ1v) is 10.0. The Morgan fingerprint density at radius 1 is 1.17 bits per heavy atom. The number of imidazole rings is 1. The number of nitrogens with zero attached hydrogens (tertiary/aromatic N) is 5. The molecular weight excluding hydrogens is 378 g/mol. The van der Waals surface area contributed by atoms with Gasteiger partial charge >= 0.3 is 5.69 Å². The Morgan fingerprint density at radius 2 is 1.86 bits per heavy atom. The second kappa shape index (κ2) is 7.05. The summed E-state index contributed by atoms with van der Waals surface area (Å²) in [4.78, 5) is 31.1. The van der Waals surface area contributed by atoms with Crippen LogP contribution in [0.3, 0.4) is 0 Å². The van der Waals surface area contributed by atoms with Gasteiger partial charge in [0.15, 0.2) is 11.2 Å². The summed E-state index contributed by atoms with van der Waals surface area (Å²) in [6.07, 6.45) is 2.43. The van der Waals surface area contributed by atoms with E-state index in [1.807, 2.05) is 0 Å². The van der Waals surface area contributed by atoms with Gasteiger partial charge in [0, 0.05) is 46.7 Å². The maximum Gasteiger partial charge on any atom is 0.332 e. The molecule has 1 spiro atoms. The molecule has 0 amide bonds. The number of rotatable bonds is 3. The maximum atomic E-state index is 12.5. The summed E-state index contributed by atoms with van der Waals surface area (Å²) in [5.74, 6) is 0. The molecule has 29 heavy (non-hydrogen) atoms. The van der Waals surface area contributed by atoms with Crippen LogP contribution in [0.2, 0.25) is 0 Å². The van der Waals surface area contributed by atoms with E-state index in [1.54, 1.807) is 24.9 Å². The van der Waals surface area contributed by atoms with Crippen LogP contribution in [0.25, 0.3) is 11.2 Å². The van der Waals surface area contributed by atoms with Gasteiger partial charge in [0.05, 0.1) is 24.1 Å². The van der Waals surface area contributed by atoms with E-state index in [0.29, 0.717) is 50.1 Å². The van der Waals surface area contributed by atoms with Gasteiger partial charge in [0.2, 0.25) is 0 Å². The number of aromatic nitrogens is 4. The summed E-state index contributed by atoms with van der Waals surface area (Å²) < 4.78 is 10.2. The lowest BCUT2D eigenvalue weighted by atomic mass is 9.75. The van der Waals surface area contributed by atoms with E-state index < -0.39 is 23.0 Å². The predicted molar refractivity (Wildman–Crippen MR) is 106 cm³/mol. The van der Waals surface area contributed by atoms with Crippen molar-refractivity contribution in [3.63, 3.8) is 0 Å². The van der Waals surface area contributed by atoms with Crippen LogP contribution < -0.4 is 11.2 Å². The highest BCUT2D eigenvalue weighted by Gasteiger charge is 2.52. The molecular formula is C19H29N5O5. The Balaban J connectivity index is 1.46. The molecule has 0 unspecified atom stereocenters. The summed E-state index contributed by atoms with van der Waals surface area (Å²) in [5.41, 5.74) is -1.74. The van der Waals surface area contributed by atoms with Crippen molar-refractivity contribution in [3.05, 3.63) is 27.2 Å². The summed E-state index contributed by atoms with van der Waals surface area (Å²) in [5, 5.41) is 21.1. The first-order chi connectivity index (χ1) is 13.7.